The predicted octanol–water partition coefficient (Wildman–Crippen LogP) is 13.0. The summed E-state index contributed by atoms with van der Waals surface area (Å²) < 4.78 is 221. The van der Waals surface area contributed by atoms with Gasteiger partial charge in [-0.2, -0.15) is 77.4 Å². The number of carboxylic acid groups (broad SMARTS) is 2. The van der Waals surface area contributed by atoms with Crippen LogP contribution in [0.5, 0.6) is 11.5 Å². The summed E-state index contributed by atoms with van der Waals surface area (Å²) in [6.45, 7) is 28.5. The van der Waals surface area contributed by atoms with Gasteiger partial charge in [-0.1, -0.05) is 63.4 Å². The fourth-order valence-electron chi connectivity index (χ4n) is 10.2. The second-order valence-electron chi connectivity index (χ2n) is 26.6. The Kier molecular flexibility index (Phi) is 72.4. The van der Waals surface area contributed by atoms with Crippen LogP contribution < -0.4 is 33.7 Å². The molecule has 35 nitrogen and oxygen atoms in total. The van der Waals surface area contributed by atoms with Crippen LogP contribution in [0.4, 0.5) is 39.5 Å². The zero-order valence-corrected chi connectivity index (χ0v) is 88.1. The van der Waals surface area contributed by atoms with Crippen molar-refractivity contribution < 1.29 is 228 Å². The van der Waals surface area contributed by atoms with E-state index in [1.165, 1.54) is 181 Å². The van der Waals surface area contributed by atoms with Crippen LogP contribution in [0.15, 0.2) is 108 Å². The SMILES string of the molecule is C=Cc1ccc(C(=O)OC)cc1C(=O)OC.C=[CH][Sn]([CH2]CCC)([CH2]CCC)[CH2]CCC.CC(=O)S.CCN(CC)CC.COC(=O)c1ccc(CCSC(C)=O)c(C(=O)OC)c1.COC(=O)c1ccc(O)c(C(=O)OC)c1.COC(=O)c1ccc(OS(=O)(=O)C(F)(F)F)c(C(=O)OC)c1.O=C(O)c1ccc(CCS)c(C(=O)O)c1.O=S(=O)(OS(=O)(=O)C(F)(F)F)C(F)(F)F.OC1CCCO1.[Na+].[OH-]. The summed E-state index contributed by atoms with van der Waals surface area (Å²) in [5, 5.41) is 35.3. The van der Waals surface area contributed by atoms with E-state index in [9.17, 15) is 127 Å². The van der Waals surface area contributed by atoms with E-state index >= 15 is 0 Å². The normalized spacial score (nSPS) is 11.7. The van der Waals surface area contributed by atoms with E-state index in [1.54, 1.807) is 37.6 Å². The third-order valence-electron chi connectivity index (χ3n) is 17.3. The van der Waals surface area contributed by atoms with Crippen molar-refractivity contribution in [2.75, 3.05) is 94.6 Å². The summed E-state index contributed by atoms with van der Waals surface area (Å²) in [4.78, 5) is 135. The van der Waals surface area contributed by atoms with Crippen molar-refractivity contribution in [2.24, 2.45) is 0 Å². The molecule has 0 bridgehead atoms. The number of ether oxygens (including phenoxy) is 9. The average Bonchev–Trinajstić information content (AvgIpc) is 1.20. The molecule has 1 saturated heterocycles. The fraction of sp³-hybridized carbons (Fsp3) is 0.459. The molecule has 5 aromatic rings. The van der Waals surface area contributed by atoms with Gasteiger partial charge >= 0.3 is 238 Å². The van der Waals surface area contributed by atoms with Crippen molar-refractivity contribution >= 4 is 162 Å². The van der Waals surface area contributed by atoms with Crippen LogP contribution in [0.1, 0.15) is 227 Å². The van der Waals surface area contributed by atoms with Crippen molar-refractivity contribution in [2.45, 2.75) is 156 Å². The maximum Gasteiger partial charge on any atom is 1.00 e. The number of carbonyl (C=O) groups is 12. The molecule has 0 radical (unpaired) electrons. The summed E-state index contributed by atoms with van der Waals surface area (Å²) >= 11 is 6.67. The number of esters is 8. The third-order valence-corrected chi connectivity index (χ3v) is 35.9. The van der Waals surface area contributed by atoms with Crippen molar-refractivity contribution in [3.8, 4) is 11.5 Å². The van der Waals surface area contributed by atoms with E-state index in [4.69, 9.17) is 24.8 Å². The summed E-state index contributed by atoms with van der Waals surface area (Å²) in [5.41, 5.74) is -15.8. The Morgan fingerprint density at radius 1 is 0.496 bits per heavy atom. The number of phenolic OH excluding ortho intramolecular Hbond substituents is 1. The van der Waals surface area contributed by atoms with Crippen LogP contribution in [0.2, 0.25) is 13.3 Å². The first-order valence-electron chi connectivity index (χ1n) is 39.8. The van der Waals surface area contributed by atoms with Crippen LogP contribution in [0.25, 0.3) is 6.08 Å². The molecular weight excluding hydrogens is 2080 g/mol. The van der Waals surface area contributed by atoms with Gasteiger partial charge in [-0.25, -0.2) is 47.9 Å². The fourth-order valence-corrected chi connectivity index (χ4v) is 26.0. The molecule has 6 rings (SSSR count). The molecule has 52 heteroatoms. The second kappa shape index (κ2) is 71.5. The molecule has 0 aliphatic carbocycles. The summed E-state index contributed by atoms with van der Waals surface area (Å²) in [7, 11) is -10.2. The molecule has 768 valence electrons. The molecule has 137 heavy (non-hydrogen) atoms. The van der Waals surface area contributed by atoms with Crippen molar-refractivity contribution in [1.82, 2.24) is 4.90 Å². The number of phenols is 1. The summed E-state index contributed by atoms with van der Waals surface area (Å²) in [6, 6.07) is 19.6. The summed E-state index contributed by atoms with van der Waals surface area (Å²) in [6.07, 6.45) is 12.4. The molecule has 0 amide bonds. The first-order valence-corrected chi connectivity index (χ1v) is 53.8. The van der Waals surface area contributed by atoms with Gasteiger partial charge in [0.25, 0.3) is 0 Å². The largest absolute Gasteiger partial charge is 1.00 e. The monoisotopic (exact) mass is 2200 g/mol. The number of carboxylic acids is 2. The van der Waals surface area contributed by atoms with E-state index in [0.29, 0.717) is 58.2 Å². The van der Waals surface area contributed by atoms with Gasteiger partial charge in [-0.15, -0.1) is 16.3 Å². The van der Waals surface area contributed by atoms with Crippen LogP contribution >= 0.6 is 37.0 Å². The molecule has 0 spiro atoms. The van der Waals surface area contributed by atoms with Gasteiger partial charge in [0.05, 0.1) is 101 Å². The number of carbonyl (C=O) groups excluding carboxylic acids is 10. The topological polar surface area (TPSA) is 523 Å². The number of unbranched alkanes of at least 4 members (excludes halogenated alkanes) is 3. The number of thiol groups is 2. The standard InChI is InChI=1S/C14H16O5S.C12H12O4.C11H9F3O7S.C10H10O5.C10H10O4S.C6H15N.C4H8O2.3C4H9.C2F6O5S2.C2H4OS.C2H3.Na.H2O.Sn/c1-9(15)20-7-6-10-4-5-11(13(16)18-2)8-12(10)14(17)19-3;1-4-8-5-6-9(11(13)15-2)7-10(8)12(14)16-3;1-19-9(15)6-3-4-8(7(5-6)10(16)20-2)21-22(17,18)11(12,13)14;1-14-9(12)6-3-4-8(11)7(5-6)10(13)15-2;11-9(12)7-2-1-6(3-4-15)8(5-7)10(13)14;1-4-7(5-2)6-3;5-4-2-1-3-6-4;3*1-3-4-2;3-1(4,5)14(9,10)13-15(11,12)2(6,7)8;1-2(3)4;1-2;;;/h4-5,8H,6-7H2,1-3H3;4-7H,1H2,2-3H3;3-5H,1-2H3;3-5,11H,1-2H3;1-2,5,15H,3-4H2,(H,11,12)(H,13,14);4-6H2,1-3H3;4-5H,1-3H2;3*1,3-4H2,2H3;;1H3,(H,3,4);1H,2H2;;1H2;/q;;;;;;;;;;;;;+1;;/p-1. The molecule has 5 N–H and O–H groups in total. The Morgan fingerprint density at radius 2 is 0.832 bits per heavy atom. The Hall–Kier alpha value is -8.91. The van der Waals surface area contributed by atoms with Gasteiger partial charge in [-0.05, 0) is 134 Å². The molecule has 1 aliphatic heterocycles. The Morgan fingerprint density at radius 3 is 1.15 bits per heavy atom. The maximum atomic E-state index is 12.3. The van der Waals surface area contributed by atoms with Crippen molar-refractivity contribution in [1.29, 1.82) is 0 Å². The minimum atomic E-state index is -6.85. The Bertz CT molecular complexity index is 4960. The van der Waals surface area contributed by atoms with E-state index in [0.717, 1.165) is 51.4 Å². The first kappa shape index (κ1) is 139. The second-order valence-corrected chi connectivity index (χ2v) is 47.0. The van der Waals surface area contributed by atoms with Gasteiger partial charge in [-0.3, -0.25) is 9.59 Å². The zero-order chi connectivity index (χ0) is 105. The number of nitrogens with zero attached hydrogens (tertiary/aromatic N) is 1. The van der Waals surface area contributed by atoms with Gasteiger partial charge in [0.1, 0.15) is 16.9 Å². The number of rotatable bonds is 33. The molecule has 1 unspecified atom stereocenters. The van der Waals surface area contributed by atoms with Crippen LogP contribution in [-0.2, 0) is 99.0 Å². The quantitative estimate of drug-likeness (QED) is 0.00432. The molecular formula is C85H115F9NNaO34S6Sn. The molecule has 0 aromatic heterocycles. The number of aromatic carboxylic acids is 2. The number of benzene rings is 5. The maximum absolute atomic E-state index is 12.3. The number of halogens is 9. The zero-order valence-electron chi connectivity index (χ0n) is 78.2. The number of alkyl halides is 9. The number of aliphatic hydroxyl groups is 1. The van der Waals surface area contributed by atoms with E-state index in [1.807, 2.05) is 3.63 Å². The molecule has 1 atom stereocenters. The number of aliphatic hydroxyl groups excluding tert-OH is 1. The van der Waals surface area contributed by atoms with E-state index in [-0.39, 0.29) is 84.4 Å². The molecule has 0 saturated carbocycles. The number of aryl methyl sites for hydroxylation is 2. The van der Waals surface area contributed by atoms with Crippen molar-refractivity contribution in [3.63, 3.8) is 0 Å². The van der Waals surface area contributed by atoms with E-state index < -0.39 is 143 Å². The van der Waals surface area contributed by atoms with Crippen LogP contribution in [0.3, 0.4) is 0 Å². The molecule has 5 aromatic carbocycles. The van der Waals surface area contributed by atoms with Gasteiger partial charge in [0.2, 0.25) is 0 Å². The molecule has 1 heterocycles. The summed E-state index contributed by atoms with van der Waals surface area (Å²) in [5.74, 6) is -7.76. The van der Waals surface area contributed by atoms with Gasteiger partial charge in [0.15, 0.2) is 22.3 Å². The number of thioether (sulfide) groups is 1. The van der Waals surface area contributed by atoms with Crippen LogP contribution in [-0.4, -0.2) is 262 Å². The van der Waals surface area contributed by atoms with Crippen molar-refractivity contribution in [3.05, 3.63) is 181 Å². The number of hydrogen-bond acceptors (Lipinski definition) is 35. The van der Waals surface area contributed by atoms with E-state index in [2.05, 4.69) is 126 Å². The molecule has 1 aliphatic rings. The minimum absolute atomic E-state index is 0. The number of hydrogen-bond donors (Lipinski definition) is 6. The van der Waals surface area contributed by atoms with Gasteiger partial charge < -0.3 is 77.6 Å². The average molecular weight is 2200 g/mol. The number of aromatic hydroxyl groups is 1. The predicted molar refractivity (Wildman–Crippen MR) is 491 cm³/mol. The van der Waals surface area contributed by atoms with Crippen LogP contribution in [0, 0.1) is 0 Å². The molecule has 1 fully saturated rings. The third kappa shape index (κ3) is 53.9. The Balaban J connectivity index is -0.000000355. The first-order chi connectivity index (χ1) is 62.7. The minimum Gasteiger partial charge on any atom is -0.870 e. The smallest absolute Gasteiger partial charge is 0.870 e. The van der Waals surface area contributed by atoms with Gasteiger partial charge in [0, 0.05) is 32.6 Å². The number of methoxy groups -OCH3 is 8. The Labute approximate surface area is 830 Å².